The van der Waals surface area contributed by atoms with Crippen molar-refractivity contribution in [2.75, 3.05) is 0 Å². The Morgan fingerprint density at radius 1 is 0.895 bits per heavy atom. The second-order valence-electron chi connectivity index (χ2n) is 6.48. The van der Waals surface area contributed by atoms with Gasteiger partial charge in [-0.15, -0.1) is 0 Å². The smallest absolute Gasteiger partial charge is 0.119 e. The van der Waals surface area contributed by atoms with Crippen molar-refractivity contribution in [1.29, 1.82) is 0 Å². The van der Waals surface area contributed by atoms with E-state index in [0.29, 0.717) is 12.1 Å². The first-order valence-corrected chi connectivity index (χ1v) is 7.91. The van der Waals surface area contributed by atoms with E-state index in [0.717, 1.165) is 17.7 Å². The van der Waals surface area contributed by atoms with E-state index in [4.69, 9.17) is 4.74 Å². The van der Waals surface area contributed by atoms with Crippen LogP contribution in [0.3, 0.4) is 0 Å². The summed E-state index contributed by atoms with van der Waals surface area (Å²) in [5, 5.41) is 3.86. The highest BCUT2D eigenvalue weighted by Gasteiger charge is 2.33. The van der Waals surface area contributed by atoms with Crippen LogP contribution in [0.15, 0.2) is 24.3 Å². The van der Waals surface area contributed by atoms with Gasteiger partial charge in [0, 0.05) is 12.1 Å². The Morgan fingerprint density at radius 3 is 2.53 bits per heavy atom. The fourth-order valence-electron chi connectivity index (χ4n) is 3.74. The highest BCUT2D eigenvalue weighted by molar-refractivity contribution is 5.30. The van der Waals surface area contributed by atoms with E-state index in [1.54, 1.807) is 0 Å². The molecule has 1 heterocycles. The monoisotopic (exact) mass is 257 g/mol. The maximum atomic E-state index is 5.82. The topological polar surface area (TPSA) is 21.3 Å². The summed E-state index contributed by atoms with van der Waals surface area (Å²) in [5.41, 5.74) is 1.44. The minimum atomic E-state index is 0.498. The summed E-state index contributed by atoms with van der Waals surface area (Å²) in [4.78, 5) is 0. The van der Waals surface area contributed by atoms with Gasteiger partial charge < -0.3 is 10.1 Å². The van der Waals surface area contributed by atoms with Crippen LogP contribution < -0.4 is 10.1 Å². The van der Waals surface area contributed by atoms with Crippen LogP contribution in [0, 0.1) is 5.92 Å². The minimum Gasteiger partial charge on any atom is -0.490 e. The molecule has 3 fully saturated rings. The van der Waals surface area contributed by atoms with Crippen LogP contribution in [-0.4, -0.2) is 12.1 Å². The van der Waals surface area contributed by atoms with Gasteiger partial charge in [-0.25, -0.2) is 0 Å². The molecule has 1 aromatic carbocycles. The second-order valence-corrected chi connectivity index (χ2v) is 6.48. The zero-order chi connectivity index (χ0) is 12.7. The summed E-state index contributed by atoms with van der Waals surface area (Å²) in [6.07, 6.45) is 9.90. The van der Waals surface area contributed by atoms with Gasteiger partial charge in [0.25, 0.3) is 0 Å². The van der Waals surface area contributed by atoms with Crippen LogP contribution in [0.4, 0.5) is 0 Å². The molecule has 0 radical (unpaired) electrons. The van der Waals surface area contributed by atoms with Gasteiger partial charge in [0.15, 0.2) is 0 Å². The van der Waals surface area contributed by atoms with E-state index in [2.05, 4.69) is 29.6 Å². The van der Waals surface area contributed by atoms with Crippen LogP contribution in [0.1, 0.15) is 56.6 Å². The van der Waals surface area contributed by atoms with Crippen molar-refractivity contribution in [3.05, 3.63) is 29.8 Å². The Labute approximate surface area is 115 Å². The average Bonchev–Trinajstić information content (AvgIpc) is 3.14. The van der Waals surface area contributed by atoms with Gasteiger partial charge in [-0.2, -0.15) is 0 Å². The fourth-order valence-corrected chi connectivity index (χ4v) is 3.74. The number of fused-ring (bicyclic) bond motifs is 1. The second kappa shape index (κ2) is 4.82. The summed E-state index contributed by atoms with van der Waals surface area (Å²) >= 11 is 0. The van der Waals surface area contributed by atoms with Gasteiger partial charge in [0.2, 0.25) is 0 Å². The Balaban J connectivity index is 1.43. The van der Waals surface area contributed by atoms with E-state index >= 15 is 0 Å². The predicted molar refractivity (Wildman–Crippen MR) is 76.3 cm³/mol. The van der Waals surface area contributed by atoms with Crippen molar-refractivity contribution in [3.8, 4) is 5.75 Å². The Bertz CT molecular complexity index is 437. The lowest BCUT2D eigenvalue weighted by atomic mass is 9.87. The summed E-state index contributed by atoms with van der Waals surface area (Å²) in [6.45, 7) is 0. The molecule has 1 N–H and O–H groups in total. The summed E-state index contributed by atoms with van der Waals surface area (Å²) in [7, 11) is 0. The molecule has 3 unspecified atom stereocenters. The normalized spacial score (nSPS) is 34.0. The minimum absolute atomic E-state index is 0.498. The van der Waals surface area contributed by atoms with Crippen LogP contribution in [0.2, 0.25) is 0 Å². The standard InChI is InChI=1S/C17H23NO/c1-2-12-6-11-17(18-16(12)3-1)13-4-7-14(8-5-13)19-15-9-10-15/h4-5,7-8,12,15-18H,1-3,6,9-11H2. The number of rotatable bonds is 3. The molecule has 1 aromatic rings. The fraction of sp³-hybridized carbons (Fsp3) is 0.647. The molecular formula is C17H23NO. The summed E-state index contributed by atoms with van der Waals surface area (Å²) in [5.74, 6) is 1.99. The number of ether oxygens (including phenoxy) is 1. The van der Waals surface area contributed by atoms with Gasteiger partial charge in [-0.3, -0.25) is 0 Å². The van der Waals surface area contributed by atoms with E-state index in [1.165, 1.54) is 50.5 Å². The van der Waals surface area contributed by atoms with Crippen molar-refractivity contribution in [2.24, 2.45) is 5.92 Å². The quantitative estimate of drug-likeness (QED) is 0.888. The molecule has 2 nitrogen and oxygen atoms in total. The highest BCUT2D eigenvalue weighted by Crippen LogP contribution is 2.38. The van der Waals surface area contributed by atoms with Crippen molar-refractivity contribution in [2.45, 2.75) is 63.1 Å². The lowest BCUT2D eigenvalue weighted by molar-refractivity contribution is 0.261. The SMILES string of the molecule is c1cc(C2CCC3CCCC3N2)ccc1OC1CC1. The molecule has 0 spiro atoms. The van der Waals surface area contributed by atoms with Gasteiger partial charge >= 0.3 is 0 Å². The van der Waals surface area contributed by atoms with Gasteiger partial charge in [-0.05, 0) is 62.1 Å². The molecule has 0 amide bonds. The molecule has 2 saturated carbocycles. The van der Waals surface area contributed by atoms with E-state index in [-0.39, 0.29) is 0 Å². The molecule has 102 valence electrons. The molecule has 2 heteroatoms. The molecule has 1 aliphatic heterocycles. The van der Waals surface area contributed by atoms with Crippen molar-refractivity contribution in [3.63, 3.8) is 0 Å². The molecule has 3 aliphatic rings. The summed E-state index contributed by atoms with van der Waals surface area (Å²) < 4.78 is 5.82. The van der Waals surface area contributed by atoms with E-state index in [1.807, 2.05) is 0 Å². The lowest BCUT2D eigenvalue weighted by Gasteiger charge is -2.34. The zero-order valence-electron chi connectivity index (χ0n) is 11.5. The number of benzene rings is 1. The van der Waals surface area contributed by atoms with Gasteiger partial charge in [0.1, 0.15) is 5.75 Å². The predicted octanol–water partition coefficient (Wildman–Crippen LogP) is 3.82. The molecule has 3 atom stereocenters. The number of piperidine rings is 1. The third-order valence-corrected chi connectivity index (χ3v) is 5.01. The van der Waals surface area contributed by atoms with Crippen LogP contribution >= 0.6 is 0 Å². The Kier molecular flexibility index (Phi) is 2.99. The van der Waals surface area contributed by atoms with E-state index < -0.39 is 0 Å². The maximum Gasteiger partial charge on any atom is 0.119 e. The third kappa shape index (κ3) is 2.51. The lowest BCUT2D eigenvalue weighted by Crippen LogP contribution is -2.40. The zero-order valence-corrected chi connectivity index (χ0v) is 11.5. The highest BCUT2D eigenvalue weighted by atomic mass is 16.5. The van der Waals surface area contributed by atoms with Crippen LogP contribution in [-0.2, 0) is 0 Å². The molecule has 1 saturated heterocycles. The number of hydrogen-bond acceptors (Lipinski definition) is 2. The first kappa shape index (κ1) is 11.8. The Morgan fingerprint density at radius 2 is 1.74 bits per heavy atom. The number of hydrogen-bond donors (Lipinski definition) is 1. The van der Waals surface area contributed by atoms with E-state index in [9.17, 15) is 0 Å². The average molecular weight is 257 g/mol. The van der Waals surface area contributed by atoms with Crippen LogP contribution in [0.5, 0.6) is 5.75 Å². The maximum absolute atomic E-state index is 5.82. The molecule has 4 rings (SSSR count). The van der Waals surface area contributed by atoms with Crippen molar-refractivity contribution < 1.29 is 4.74 Å². The largest absolute Gasteiger partial charge is 0.490 e. The molecule has 0 bridgehead atoms. The summed E-state index contributed by atoms with van der Waals surface area (Å²) in [6, 6.07) is 10.2. The third-order valence-electron chi connectivity index (χ3n) is 5.01. The molecule has 2 aliphatic carbocycles. The van der Waals surface area contributed by atoms with Crippen molar-refractivity contribution >= 4 is 0 Å². The first-order valence-electron chi connectivity index (χ1n) is 7.91. The van der Waals surface area contributed by atoms with Gasteiger partial charge in [-0.1, -0.05) is 18.6 Å². The Hall–Kier alpha value is -1.02. The molecular weight excluding hydrogens is 234 g/mol. The van der Waals surface area contributed by atoms with Crippen molar-refractivity contribution in [1.82, 2.24) is 5.32 Å². The first-order chi connectivity index (χ1) is 9.38. The van der Waals surface area contributed by atoms with Crippen LogP contribution in [0.25, 0.3) is 0 Å². The molecule has 19 heavy (non-hydrogen) atoms. The van der Waals surface area contributed by atoms with Gasteiger partial charge in [0.05, 0.1) is 6.10 Å². The number of nitrogens with one attached hydrogen (secondary N) is 1. The molecule has 0 aromatic heterocycles.